The Morgan fingerprint density at radius 3 is 2.15 bits per heavy atom. The molecule has 27 heavy (non-hydrogen) atoms. The maximum atomic E-state index is 12.8. The van der Waals surface area contributed by atoms with Gasteiger partial charge in [-0.05, 0) is 57.0 Å². The van der Waals surface area contributed by atoms with Gasteiger partial charge in [0.05, 0.1) is 17.5 Å². The second-order valence-corrected chi connectivity index (χ2v) is 7.45. The Morgan fingerprint density at radius 1 is 0.963 bits per heavy atom. The van der Waals surface area contributed by atoms with Crippen LogP contribution in [-0.2, 0) is 9.59 Å². The maximum absolute atomic E-state index is 12.8. The van der Waals surface area contributed by atoms with E-state index in [1.807, 2.05) is 26.0 Å². The van der Waals surface area contributed by atoms with Gasteiger partial charge in [-0.25, -0.2) is 0 Å². The number of imide groups is 1. The van der Waals surface area contributed by atoms with Crippen LogP contribution in [0.15, 0.2) is 36.4 Å². The number of amides is 3. The zero-order chi connectivity index (χ0) is 19.1. The molecule has 0 radical (unpaired) electrons. The van der Waals surface area contributed by atoms with E-state index in [0.29, 0.717) is 11.3 Å². The molecule has 0 spiro atoms. The summed E-state index contributed by atoms with van der Waals surface area (Å²) in [5, 5.41) is 0. The molecule has 0 unspecified atom stereocenters. The highest BCUT2D eigenvalue weighted by atomic mass is 16.2. The summed E-state index contributed by atoms with van der Waals surface area (Å²) in [7, 11) is 0. The number of carbonyl (C=O) groups is 3. The van der Waals surface area contributed by atoms with Crippen molar-refractivity contribution in [3.8, 4) is 0 Å². The third-order valence-electron chi connectivity index (χ3n) is 5.69. The van der Waals surface area contributed by atoms with E-state index in [1.165, 1.54) is 4.90 Å². The first-order chi connectivity index (χ1) is 13.0. The van der Waals surface area contributed by atoms with Crippen LogP contribution in [-0.4, -0.2) is 22.4 Å². The summed E-state index contributed by atoms with van der Waals surface area (Å²) in [6, 6.07) is 10.6. The van der Waals surface area contributed by atoms with E-state index in [2.05, 4.69) is 5.43 Å². The second-order valence-electron chi connectivity index (χ2n) is 7.45. The van der Waals surface area contributed by atoms with Crippen LogP contribution >= 0.6 is 0 Å². The highest BCUT2D eigenvalue weighted by Gasteiger charge is 2.48. The van der Waals surface area contributed by atoms with Crippen molar-refractivity contribution in [2.24, 2.45) is 11.8 Å². The lowest BCUT2D eigenvalue weighted by atomic mass is 9.81. The lowest BCUT2D eigenvalue weighted by Crippen LogP contribution is -2.31. The van der Waals surface area contributed by atoms with Gasteiger partial charge in [0.15, 0.2) is 0 Å². The lowest BCUT2D eigenvalue weighted by Gasteiger charge is -2.19. The molecule has 0 bridgehead atoms. The van der Waals surface area contributed by atoms with Gasteiger partial charge in [0.25, 0.3) is 5.91 Å². The van der Waals surface area contributed by atoms with Gasteiger partial charge in [-0.3, -0.25) is 29.4 Å². The summed E-state index contributed by atoms with van der Waals surface area (Å²) in [4.78, 5) is 39.5. The van der Waals surface area contributed by atoms with E-state index >= 15 is 0 Å². The Balaban J connectivity index is 1.60. The van der Waals surface area contributed by atoms with Crippen LogP contribution in [0.4, 0.5) is 5.69 Å². The molecule has 1 aromatic carbocycles. The minimum atomic E-state index is -0.282. The Hall–Kier alpha value is -2.89. The fourth-order valence-corrected chi connectivity index (χ4v) is 4.21. The zero-order valence-electron chi connectivity index (χ0n) is 15.6. The van der Waals surface area contributed by atoms with Crippen molar-refractivity contribution in [1.82, 2.24) is 4.68 Å². The highest BCUT2D eigenvalue weighted by molar-refractivity contribution is 6.22. The Morgan fingerprint density at radius 2 is 1.56 bits per heavy atom. The summed E-state index contributed by atoms with van der Waals surface area (Å²) in [5.74, 6) is -0.933. The van der Waals surface area contributed by atoms with Crippen LogP contribution in [0.1, 0.15) is 47.4 Å². The van der Waals surface area contributed by atoms with Crippen molar-refractivity contribution < 1.29 is 14.4 Å². The molecule has 140 valence electrons. The minimum absolute atomic E-state index is 0.126. The molecule has 1 saturated carbocycles. The maximum Gasteiger partial charge on any atom is 0.270 e. The average molecular weight is 365 g/mol. The van der Waals surface area contributed by atoms with Crippen LogP contribution in [0, 0.1) is 25.7 Å². The second kappa shape index (κ2) is 6.68. The summed E-state index contributed by atoms with van der Waals surface area (Å²) in [6.07, 6.45) is 3.54. The number of aryl methyl sites for hydroxylation is 2. The summed E-state index contributed by atoms with van der Waals surface area (Å²) < 4.78 is 1.72. The van der Waals surface area contributed by atoms with Gasteiger partial charge in [0, 0.05) is 17.0 Å². The van der Waals surface area contributed by atoms with E-state index in [0.717, 1.165) is 37.1 Å². The van der Waals surface area contributed by atoms with Gasteiger partial charge >= 0.3 is 0 Å². The van der Waals surface area contributed by atoms with E-state index in [-0.39, 0.29) is 29.6 Å². The van der Waals surface area contributed by atoms with Gasteiger partial charge < -0.3 is 0 Å². The van der Waals surface area contributed by atoms with Gasteiger partial charge in [0.2, 0.25) is 11.8 Å². The summed E-state index contributed by atoms with van der Waals surface area (Å²) in [5.41, 5.74) is 5.59. The van der Waals surface area contributed by atoms with Gasteiger partial charge in [-0.2, -0.15) is 0 Å². The fourth-order valence-electron chi connectivity index (χ4n) is 4.21. The molecule has 4 rings (SSSR count). The third-order valence-corrected chi connectivity index (χ3v) is 5.69. The average Bonchev–Trinajstić information content (AvgIpc) is 3.13. The number of hydrogen-bond acceptors (Lipinski definition) is 3. The molecular formula is C21H23N3O3. The standard InChI is InChI=1S/C21H23N3O3/c1-13-10-11-14(2)24(13)22-19(25)15-6-5-7-16(12-15)23-20(26)17-8-3-4-9-18(17)21(23)27/h5-7,10-12,17-18H,3-4,8-9H2,1-2H3,(H,22,25)/t17-,18+. The number of nitrogens with zero attached hydrogens (tertiary/aromatic N) is 2. The Labute approximate surface area is 158 Å². The number of rotatable bonds is 3. The molecular weight excluding hydrogens is 342 g/mol. The monoisotopic (exact) mass is 365 g/mol. The number of benzene rings is 1. The first-order valence-electron chi connectivity index (χ1n) is 9.41. The first-order valence-corrected chi connectivity index (χ1v) is 9.41. The van der Waals surface area contributed by atoms with Crippen LogP contribution in [0.5, 0.6) is 0 Å². The first kappa shape index (κ1) is 17.5. The van der Waals surface area contributed by atoms with Crippen molar-refractivity contribution in [2.45, 2.75) is 39.5 Å². The van der Waals surface area contributed by atoms with E-state index < -0.39 is 0 Å². The molecule has 6 heteroatoms. The summed E-state index contributed by atoms with van der Waals surface area (Å²) in [6.45, 7) is 3.82. The minimum Gasteiger partial charge on any atom is -0.274 e. The third kappa shape index (κ3) is 2.95. The van der Waals surface area contributed by atoms with Crippen molar-refractivity contribution >= 4 is 23.4 Å². The molecule has 2 aliphatic rings. The number of anilines is 1. The smallest absolute Gasteiger partial charge is 0.270 e. The number of carbonyl (C=O) groups excluding carboxylic acids is 3. The molecule has 2 heterocycles. The Kier molecular flexibility index (Phi) is 4.34. The normalized spacial score (nSPS) is 22.1. The van der Waals surface area contributed by atoms with E-state index in [4.69, 9.17) is 0 Å². The van der Waals surface area contributed by atoms with Gasteiger partial charge in [0.1, 0.15) is 0 Å². The zero-order valence-corrected chi connectivity index (χ0v) is 15.6. The molecule has 3 amide bonds. The predicted octanol–water partition coefficient (Wildman–Crippen LogP) is 3.17. The molecule has 1 saturated heterocycles. The molecule has 1 aromatic heterocycles. The predicted molar refractivity (Wildman–Crippen MR) is 102 cm³/mol. The van der Waals surface area contributed by atoms with Gasteiger partial charge in [-0.15, -0.1) is 0 Å². The molecule has 6 nitrogen and oxygen atoms in total. The quantitative estimate of drug-likeness (QED) is 0.849. The van der Waals surface area contributed by atoms with Crippen LogP contribution in [0.3, 0.4) is 0 Å². The molecule has 1 aliphatic heterocycles. The lowest BCUT2D eigenvalue weighted by molar-refractivity contribution is -0.122. The molecule has 2 fully saturated rings. The van der Waals surface area contributed by atoms with Crippen LogP contribution < -0.4 is 10.3 Å². The van der Waals surface area contributed by atoms with Gasteiger partial charge in [-0.1, -0.05) is 18.9 Å². The number of fused-ring (bicyclic) bond motifs is 1. The van der Waals surface area contributed by atoms with Crippen molar-refractivity contribution in [3.05, 3.63) is 53.3 Å². The van der Waals surface area contributed by atoms with Crippen LogP contribution in [0.25, 0.3) is 0 Å². The SMILES string of the molecule is Cc1ccc(C)n1NC(=O)c1cccc(N2C(=O)[C@H]3CCCC[C@H]3C2=O)c1. The van der Waals surface area contributed by atoms with Crippen LogP contribution in [0.2, 0.25) is 0 Å². The van der Waals surface area contributed by atoms with Crippen molar-refractivity contribution in [2.75, 3.05) is 10.3 Å². The molecule has 1 aliphatic carbocycles. The number of hydrogen-bond donors (Lipinski definition) is 1. The number of nitrogens with one attached hydrogen (secondary N) is 1. The highest BCUT2D eigenvalue weighted by Crippen LogP contribution is 2.40. The molecule has 2 atom stereocenters. The topological polar surface area (TPSA) is 71.4 Å². The Bertz CT molecular complexity index is 887. The van der Waals surface area contributed by atoms with Crippen molar-refractivity contribution in [1.29, 1.82) is 0 Å². The fraction of sp³-hybridized carbons (Fsp3) is 0.381. The van der Waals surface area contributed by atoms with Crippen molar-refractivity contribution in [3.63, 3.8) is 0 Å². The van der Waals surface area contributed by atoms with E-state index in [9.17, 15) is 14.4 Å². The molecule has 1 N–H and O–H groups in total. The molecule has 2 aromatic rings. The number of aromatic nitrogens is 1. The summed E-state index contributed by atoms with van der Waals surface area (Å²) >= 11 is 0. The largest absolute Gasteiger partial charge is 0.274 e. The van der Waals surface area contributed by atoms with E-state index in [1.54, 1.807) is 28.9 Å².